The molecule has 34 heavy (non-hydrogen) atoms. The fourth-order valence-corrected chi connectivity index (χ4v) is 3.96. The number of hydrogen-bond acceptors (Lipinski definition) is 6. The van der Waals surface area contributed by atoms with Crippen LogP contribution in [0.5, 0.6) is 5.88 Å². The van der Waals surface area contributed by atoms with Crippen LogP contribution < -0.4 is 4.74 Å². The maximum atomic E-state index is 13.5. The highest BCUT2D eigenvalue weighted by molar-refractivity contribution is 5.97. The van der Waals surface area contributed by atoms with Gasteiger partial charge in [-0.25, -0.2) is 4.98 Å². The molecular formula is C27H36N4O3. The summed E-state index contributed by atoms with van der Waals surface area (Å²) in [4.78, 5) is 23.9. The lowest BCUT2D eigenvalue weighted by Crippen LogP contribution is -2.49. The van der Waals surface area contributed by atoms with Gasteiger partial charge in [-0.1, -0.05) is 49.1 Å². The van der Waals surface area contributed by atoms with E-state index in [0.29, 0.717) is 36.6 Å². The summed E-state index contributed by atoms with van der Waals surface area (Å²) in [5, 5.41) is 9.82. The molecule has 1 amide bonds. The van der Waals surface area contributed by atoms with Crippen molar-refractivity contribution in [2.75, 3.05) is 47.4 Å². The van der Waals surface area contributed by atoms with Crippen LogP contribution in [0.3, 0.4) is 0 Å². The maximum Gasteiger partial charge on any atom is 0.259 e. The minimum atomic E-state index is -0.313. The van der Waals surface area contributed by atoms with E-state index in [9.17, 15) is 9.90 Å². The first-order chi connectivity index (χ1) is 16.3. The zero-order chi connectivity index (χ0) is 24.7. The van der Waals surface area contributed by atoms with Gasteiger partial charge in [-0.3, -0.25) is 14.6 Å². The molecule has 3 atom stereocenters. The van der Waals surface area contributed by atoms with Crippen molar-refractivity contribution in [2.24, 2.45) is 5.92 Å². The van der Waals surface area contributed by atoms with Crippen LogP contribution in [-0.2, 0) is 6.54 Å². The topological polar surface area (TPSA) is 69.1 Å². The number of pyridine rings is 1. The maximum absolute atomic E-state index is 13.5. The van der Waals surface area contributed by atoms with Gasteiger partial charge in [-0.15, -0.1) is 0 Å². The van der Waals surface area contributed by atoms with E-state index in [1.165, 1.54) is 5.56 Å². The van der Waals surface area contributed by atoms with E-state index < -0.39 is 0 Å². The van der Waals surface area contributed by atoms with Crippen LogP contribution in [0.4, 0.5) is 0 Å². The summed E-state index contributed by atoms with van der Waals surface area (Å²) in [6.07, 6.45) is 1.48. The molecule has 1 aromatic carbocycles. The normalized spacial score (nSPS) is 19.1. The second kappa shape index (κ2) is 12.0. The molecule has 0 fully saturated rings. The molecule has 1 aliphatic rings. The molecule has 0 radical (unpaired) electrons. The second-order valence-electron chi connectivity index (χ2n) is 9.42. The van der Waals surface area contributed by atoms with Crippen LogP contribution in [0.15, 0.2) is 42.6 Å². The third-order valence-corrected chi connectivity index (χ3v) is 5.94. The van der Waals surface area contributed by atoms with Gasteiger partial charge in [0.1, 0.15) is 11.7 Å². The summed E-state index contributed by atoms with van der Waals surface area (Å²) < 4.78 is 6.37. The molecule has 0 aliphatic carbocycles. The molecule has 7 heteroatoms. The zero-order valence-corrected chi connectivity index (χ0v) is 20.9. The third kappa shape index (κ3) is 6.80. The van der Waals surface area contributed by atoms with Gasteiger partial charge in [0.15, 0.2) is 0 Å². The van der Waals surface area contributed by atoms with Crippen molar-refractivity contribution in [3.05, 3.63) is 59.3 Å². The Morgan fingerprint density at radius 2 is 2.00 bits per heavy atom. The largest absolute Gasteiger partial charge is 0.472 e. The van der Waals surface area contributed by atoms with E-state index in [1.54, 1.807) is 17.2 Å². The van der Waals surface area contributed by atoms with Crippen LogP contribution in [0, 0.1) is 17.8 Å². The minimum absolute atomic E-state index is 0.0469. The first-order valence-electron chi connectivity index (χ1n) is 11.7. The van der Waals surface area contributed by atoms with Crippen LogP contribution in [0.1, 0.15) is 35.3 Å². The van der Waals surface area contributed by atoms with Crippen molar-refractivity contribution in [1.29, 1.82) is 0 Å². The highest BCUT2D eigenvalue weighted by Gasteiger charge is 2.34. The molecule has 3 rings (SSSR count). The lowest BCUT2D eigenvalue weighted by Gasteiger charge is -2.37. The van der Waals surface area contributed by atoms with Crippen LogP contribution in [-0.4, -0.2) is 90.2 Å². The van der Waals surface area contributed by atoms with E-state index in [1.807, 2.05) is 44.1 Å². The number of aliphatic hydroxyl groups excluding tert-OH is 1. The molecule has 2 aromatic rings. The monoisotopic (exact) mass is 464 g/mol. The number of fused-ring (bicyclic) bond motifs is 1. The molecule has 0 saturated carbocycles. The number of nitrogens with zero attached hydrogens (tertiary/aromatic N) is 4. The Hall–Kier alpha value is -2.92. The number of ether oxygens (including phenoxy) is 1. The molecule has 1 aromatic heterocycles. The van der Waals surface area contributed by atoms with Crippen molar-refractivity contribution < 1.29 is 14.6 Å². The lowest BCUT2D eigenvalue weighted by atomic mass is 9.99. The fraction of sp³-hybridized carbons (Fsp3) is 0.481. The molecule has 0 spiro atoms. The molecule has 1 aliphatic heterocycles. The Bertz CT molecular complexity index is 1020. The van der Waals surface area contributed by atoms with Crippen molar-refractivity contribution in [1.82, 2.24) is 19.7 Å². The van der Waals surface area contributed by atoms with Gasteiger partial charge in [-0.05, 0) is 39.7 Å². The first kappa shape index (κ1) is 25.7. The molecule has 0 saturated heterocycles. The molecular weight excluding hydrogens is 428 g/mol. The smallest absolute Gasteiger partial charge is 0.259 e. The predicted molar refractivity (Wildman–Crippen MR) is 134 cm³/mol. The van der Waals surface area contributed by atoms with Crippen molar-refractivity contribution in [3.8, 4) is 17.7 Å². The number of likely N-dealkylation sites (N-methyl/N-ethyl adjacent to an activating group) is 1. The second-order valence-corrected chi connectivity index (χ2v) is 9.42. The van der Waals surface area contributed by atoms with Gasteiger partial charge in [0, 0.05) is 37.3 Å². The number of amides is 1. The molecule has 1 N–H and O–H groups in total. The van der Waals surface area contributed by atoms with Gasteiger partial charge >= 0.3 is 0 Å². The number of carbonyl (C=O) groups excluding carboxylic acids is 1. The van der Waals surface area contributed by atoms with Crippen LogP contribution >= 0.6 is 0 Å². The molecule has 2 heterocycles. The molecule has 0 bridgehead atoms. The van der Waals surface area contributed by atoms with Gasteiger partial charge in [0.05, 0.1) is 19.2 Å². The molecule has 182 valence electrons. The number of aliphatic hydroxyl groups is 1. The van der Waals surface area contributed by atoms with E-state index >= 15 is 0 Å². The zero-order valence-electron chi connectivity index (χ0n) is 20.9. The number of hydrogen-bond donors (Lipinski definition) is 1. The average molecular weight is 465 g/mol. The first-order valence-corrected chi connectivity index (χ1v) is 11.7. The number of benzene rings is 1. The summed E-state index contributed by atoms with van der Waals surface area (Å²) in [7, 11) is 5.98. The Morgan fingerprint density at radius 1 is 1.26 bits per heavy atom. The van der Waals surface area contributed by atoms with Crippen LogP contribution in [0.2, 0.25) is 0 Å². The fourth-order valence-electron chi connectivity index (χ4n) is 3.96. The standard InChI is InChI=1S/C27H36N4O3/c1-20-16-31(21(2)19-32)27(33)24-14-23(12-9-13-29(3)4)15-28-26(24)34-25(20)18-30(5)17-22-10-7-6-8-11-22/h6-8,10-11,14-15,20-21,25,32H,13,16-19H2,1-5H3/t20-,21-,25+/m0/s1. The Morgan fingerprint density at radius 3 is 2.68 bits per heavy atom. The highest BCUT2D eigenvalue weighted by atomic mass is 16.5. The number of rotatable bonds is 7. The molecule has 7 nitrogen and oxygen atoms in total. The van der Waals surface area contributed by atoms with Crippen molar-refractivity contribution in [3.63, 3.8) is 0 Å². The van der Waals surface area contributed by atoms with Crippen molar-refractivity contribution in [2.45, 2.75) is 32.5 Å². The minimum Gasteiger partial charge on any atom is -0.472 e. The summed E-state index contributed by atoms with van der Waals surface area (Å²) in [5.41, 5.74) is 2.29. The molecule has 0 unspecified atom stereocenters. The third-order valence-electron chi connectivity index (χ3n) is 5.94. The number of aromatic nitrogens is 1. The van der Waals surface area contributed by atoms with E-state index in [0.717, 1.165) is 6.54 Å². The SMILES string of the molecule is C[C@H]1CN([C@@H](C)CO)C(=O)c2cc(C#CCN(C)C)cnc2O[C@@H]1CN(C)Cc1ccccc1. The summed E-state index contributed by atoms with van der Waals surface area (Å²) in [6.45, 7) is 6.40. The Balaban J connectivity index is 1.89. The summed E-state index contributed by atoms with van der Waals surface area (Å²) in [6, 6.07) is 11.8. The number of carbonyl (C=O) groups is 1. The van der Waals surface area contributed by atoms with Crippen molar-refractivity contribution >= 4 is 5.91 Å². The quantitative estimate of drug-likeness (QED) is 0.635. The van der Waals surface area contributed by atoms with E-state index in [2.05, 4.69) is 47.8 Å². The van der Waals surface area contributed by atoms with Gasteiger partial charge < -0.3 is 14.7 Å². The lowest BCUT2D eigenvalue weighted by molar-refractivity contribution is 0.0325. The Kier molecular flexibility index (Phi) is 9.05. The van der Waals surface area contributed by atoms with E-state index in [4.69, 9.17) is 4.74 Å². The van der Waals surface area contributed by atoms with E-state index in [-0.39, 0.29) is 30.6 Å². The summed E-state index contributed by atoms with van der Waals surface area (Å²) >= 11 is 0. The van der Waals surface area contributed by atoms with Gasteiger partial charge in [-0.2, -0.15) is 0 Å². The highest BCUT2D eigenvalue weighted by Crippen LogP contribution is 2.27. The van der Waals surface area contributed by atoms with Gasteiger partial charge in [0.2, 0.25) is 5.88 Å². The van der Waals surface area contributed by atoms with Crippen LogP contribution in [0.25, 0.3) is 0 Å². The Labute approximate surface area is 203 Å². The predicted octanol–water partition coefficient (Wildman–Crippen LogP) is 2.35. The van der Waals surface area contributed by atoms with Gasteiger partial charge in [0.25, 0.3) is 5.91 Å². The average Bonchev–Trinajstić information content (AvgIpc) is 2.81. The summed E-state index contributed by atoms with van der Waals surface area (Å²) in [5.74, 6) is 6.34.